The lowest BCUT2D eigenvalue weighted by Gasteiger charge is -2.13. The summed E-state index contributed by atoms with van der Waals surface area (Å²) in [7, 11) is 0. The van der Waals surface area contributed by atoms with Crippen LogP contribution in [0.3, 0.4) is 0 Å². The molecule has 0 spiro atoms. The minimum atomic E-state index is -0.144. The fourth-order valence-electron chi connectivity index (χ4n) is 3.83. The highest BCUT2D eigenvalue weighted by atomic mass is 16.1. The lowest BCUT2D eigenvalue weighted by Crippen LogP contribution is -2.12. The van der Waals surface area contributed by atoms with Crippen LogP contribution < -0.4 is 16.0 Å². The van der Waals surface area contributed by atoms with Crippen LogP contribution in [0.25, 0.3) is 0 Å². The quantitative estimate of drug-likeness (QED) is 0.398. The van der Waals surface area contributed by atoms with Crippen LogP contribution in [0.15, 0.2) is 79.4 Å². The molecule has 1 amide bonds. The number of aryl methyl sites for hydroxylation is 3. The number of aromatic nitrogens is 2. The van der Waals surface area contributed by atoms with Crippen molar-refractivity contribution in [3.8, 4) is 0 Å². The maximum Gasteiger partial charge on any atom is 0.255 e. The third-order valence-corrected chi connectivity index (χ3v) is 5.65. The van der Waals surface area contributed by atoms with Gasteiger partial charge in [0, 0.05) is 58.8 Å². The first-order valence-corrected chi connectivity index (χ1v) is 10.6. The Morgan fingerprint density at radius 2 is 1.59 bits per heavy atom. The molecule has 0 atom stereocenters. The van der Waals surface area contributed by atoms with Crippen molar-refractivity contribution in [2.75, 3.05) is 16.0 Å². The Bertz CT molecular complexity index is 1280. The van der Waals surface area contributed by atoms with Gasteiger partial charge in [-0.05, 0) is 85.0 Å². The van der Waals surface area contributed by atoms with E-state index in [9.17, 15) is 4.79 Å². The highest BCUT2D eigenvalue weighted by Crippen LogP contribution is 2.31. The first kappa shape index (κ1) is 19.8. The molecular weight excluding hydrogens is 398 g/mol. The molecular formula is C26H23N5O. The summed E-state index contributed by atoms with van der Waals surface area (Å²) in [6, 6.07) is 17.4. The molecule has 32 heavy (non-hydrogen) atoms. The van der Waals surface area contributed by atoms with E-state index in [1.807, 2.05) is 67.8 Å². The van der Waals surface area contributed by atoms with E-state index in [0.29, 0.717) is 5.56 Å². The summed E-state index contributed by atoms with van der Waals surface area (Å²) in [6.45, 7) is 2.00. The Kier molecular flexibility index (Phi) is 5.25. The summed E-state index contributed by atoms with van der Waals surface area (Å²) in [5, 5.41) is 9.85. The number of hydrogen-bond acceptors (Lipinski definition) is 5. The number of anilines is 5. The molecule has 0 bridgehead atoms. The third-order valence-electron chi connectivity index (χ3n) is 5.65. The Hall–Kier alpha value is -4.19. The van der Waals surface area contributed by atoms with Gasteiger partial charge in [-0.2, -0.15) is 0 Å². The number of amides is 1. The highest BCUT2D eigenvalue weighted by molar-refractivity contribution is 6.04. The smallest absolute Gasteiger partial charge is 0.255 e. The average molecular weight is 422 g/mol. The summed E-state index contributed by atoms with van der Waals surface area (Å²) in [5.41, 5.74) is 8.82. The van der Waals surface area contributed by atoms with Crippen molar-refractivity contribution in [3.63, 3.8) is 0 Å². The molecule has 3 N–H and O–H groups in total. The summed E-state index contributed by atoms with van der Waals surface area (Å²) < 4.78 is 0. The minimum absolute atomic E-state index is 0.144. The predicted octanol–water partition coefficient (Wildman–Crippen LogP) is 5.62. The van der Waals surface area contributed by atoms with E-state index in [1.54, 1.807) is 12.4 Å². The van der Waals surface area contributed by atoms with Gasteiger partial charge in [-0.1, -0.05) is 6.07 Å². The molecule has 0 aliphatic carbocycles. The van der Waals surface area contributed by atoms with Gasteiger partial charge < -0.3 is 16.0 Å². The summed E-state index contributed by atoms with van der Waals surface area (Å²) in [4.78, 5) is 21.1. The molecule has 0 saturated carbocycles. The third kappa shape index (κ3) is 4.16. The summed E-state index contributed by atoms with van der Waals surface area (Å²) >= 11 is 0. The molecule has 6 nitrogen and oxygen atoms in total. The van der Waals surface area contributed by atoms with Crippen molar-refractivity contribution in [2.24, 2.45) is 0 Å². The number of carbonyl (C=O) groups excluding carboxylic acids is 1. The van der Waals surface area contributed by atoms with Gasteiger partial charge in [0.05, 0.1) is 0 Å². The van der Waals surface area contributed by atoms with Crippen molar-refractivity contribution in [1.29, 1.82) is 0 Å². The van der Waals surface area contributed by atoms with E-state index in [-0.39, 0.29) is 5.91 Å². The molecule has 0 unspecified atom stereocenters. The number of nitrogens with one attached hydrogen (secondary N) is 3. The summed E-state index contributed by atoms with van der Waals surface area (Å²) in [5.74, 6) is -0.144. The van der Waals surface area contributed by atoms with E-state index < -0.39 is 0 Å². The maximum atomic E-state index is 12.8. The van der Waals surface area contributed by atoms with Gasteiger partial charge in [0.2, 0.25) is 0 Å². The van der Waals surface area contributed by atoms with Gasteiger partial charge in [-0.15, -0.1) is 0 Å². The molecule has 158 valence electrons. The number of nitrogens with zero attached hydrogens (tertiary/aromatic N) is 2. The second-order valence-corrected chi connectivity index (χ2v) is 7.88. The Morgan fingerprint density at radius 1 is 0.844 bits per heavy atom. The van der Waals surface area contributed by atoms with Crippen LogP contribution in [0, 0.1) is 6.92 Å². The number of pyridine rings is 2. The van der Waals surface area contributed by atoms with Crippen molar-refractivity contribution in [1.82, 2.24) is 9.97 Å². The lowest BCUT2D eigenvalue weighted by molar-refractivity contribution is 0.102. The molecule has 5 rings (SSSR count). The van der Waals surface area contributed by atoms with Gasteiger partial charge in [0.25, 0.3) is 5.91 Å². The number of hydrogen-bond donors (Lipinski definition) is 3. The molecule has 2 aromatic heterocycles. The van der Waals surface area contributed by atoms with Crippen LogP contribution in [0.4, 0.5) is 28.4 Å². The van der Waals surface area contributed by atoms with Crippen molar-refractivity contribution in [3.05, 3.63) is 102 Å². The van der Waals surface area contributed by atoms with E-state index in [0.717, 1.165) is 46.8 Å². The topological polar surface area (TPSA) is 78.9 Å². The van der Waals surface area contributed by atoms with Gasteiger partial charge in [-0.3, -0.25) is 14.8 Å². The van der Waals surface area contributed by atoms with E-state index in [1.165, 1.54) is 11.1 Å². The molecule has 0 saturated heterocycles. The standard InChI is InChI=1S/C26H23N5O/c1-17-15-27-12-10-23(17)29-21-7-5-19(6-8-21)26(32)30-22-9-4-18-2-3-20-16-28-13-11-24(20)31-25(18)14-22/h4-16,31H,2-3H2,1H3,(H,27,29)(H,30,32). The molecule has 0 radical (unpaired) electrons. The molecule has 6 heteroatoms. The fraction of sp³-hybridized carbons (Fsp3) is 0.115. The van der Waals surface area contributed by atoms with E-state index in [2.05, 4.69) is 32.0 Å². The second-order valence-electron chi connectivity index (χ2n) is 7.88. The van der Waals surface area contributed by atoms with Crippen molar-refractivity contribution < 1.29 is 4.79 Å². The monoisotopic (exact) mass is 421 g/mol. The second kappa shape index (κ2) is 8.51. The predicted molar refractivity (Wildman–Crippen MR) is 128 cm³/mol. The van der Waals surface area contributed by atoms with Crippen LogP contribution in [-0.4, -0.2) is 15.9 Å². The molecule has 3 heterocycles. The molecule has 0 fully saturated rings. The van der Waals surface area contributed by atoms with Crippen molar-refractivity contribution >= 4 is 34.3 Å². The average Bonchev–Trinajstić information content (AvgIpc) is 3.00. The molecule has 1 aliphatic heterocycles. The number of rotatable bonds is 4. The van der Waals surface area contributed by atoms with Gasteiger partial charge >= 0.3 is 0 Å². The first-order chi connectivity index (χ1) is 15.7. The molecule has 2 aromatic carbocycles. The highest BCUT2D eigenvalue weighted by Gasteiger charge is 2.14. The molecule has 1 aliphatic rings. The van der Waals surface area contributed by atoms with Gasteiger partial charge in [-0.25, -0.2) is 0 Å². The number of benzene rings is 2. The van der Waals surface area contributed by atoms with Crippen LogP contribution in [0.2, 0.25) is 0 Å². The van der Waals surface area contributed by atoms with Gasteiger partial charge in [0.1, 0.15) is 0 Å². The summed E-state index contributed by atoms with van der Waals surface area (Å²) in [6.07, 6.45) is 9.13. The SMILES string of the molecule is Cc1cnccc1Nc1ccc(C(=O)Nc2ccc3c(c2)Nc2ccncc2CC3)cc1. The van der Waals surface area contributed by atoms with Crippen molar-refractivity contribution in [2.45, 2.75) is 19.8 Å². The zero-order chi connectivity index (χ0) is 21.9. The Morgan fingerprint density at radius 3 is 2.44 bits per heavy atom. The van der Waals surface area contributed by atoms with Crippen LogP contribution in [0.1, 0.15) is 27.0 Å². The lowest BCUT2D eigenvalue weighted by atomic mass is 10.1. The van der Waals surface area contributed by atoms with Gasteiger partial charge in [0.15, 0.2) is 0 Å². The van der Waals surface area contributed by atoms with E-state index >= 15 is 0 Å². The molecule has 4 aromatic rings. The number of fused-ring (bicyclic) bond motifs is 2. The Labute approximate surface area is 186 Å². The first-order valence-electron chi connectivity index (χ1n) is 10.6. The van der Waals surface area contributed by atoms with Crippen LogP contribution in [-0.2, 0) is 12.8 Å². The van der Waals surface area contributed by atoms with Crippen LogP contribution >= 0.6 is 0 Å². The van der Waals surface area contributed by atoms with Crippen LogP contribution in [0.5, 0.6) is 0 Å². The minimum Gasteiger partial charge on any atom is -0.355 e. The zero-order valence-electron chi connectivity index (χ0n) is 17.7. The maximum absolute atomic E-state index is 12.8. The normalized spacial score (nSPS) is 12.0. The largest absolute Gasteiger partial charge is 0.355 e. The number of carbonyl (C=O) groups is 1. The Balaban J connectivity index is 1.29. The van der Waals surface area contributed by atoms with E-state index in [4.69, 9.17) is 0 Å². The zero-order valence-corrected chi connectivity index (χ0v) is 17.7. The fourth-order valence-corrected chi connectivity index (χ4v) is 3.83.